The predicted octanol–water partition coefficient (Wildman–Crippen LogP) is 4.95. The van der Waals surface area contributed by atoms with Crippen LogP contribution in [-0.2, 0) is 13.0 Å². The fourth-order valence-corrected chi connectivity index (χ4v) is 5.72. The number of rotatable bonds is 6. The van der Waals surface area contributed by atoms with Gasteiger partial charge in [-0.15, -0.1) is 0 Å². The predicted molar refractivity (Wildman–Crippen MR) is 143 cm³/mol. The summed E-state index contributed by atoms with van der Waals surface area (Å²) in [6.07, 6.45) is 4.92. The van der Waals surface area contributed by atoms with Crippen molar-refractivity contribution in [1.29, 1.82) is 0 Å². The molecule has 2 N–H and O–H groups in total. The minimum Gasteiger partial charge on any atom is -0.482 e. The van der Waals surface area contributed by atoms with E-state index in [0.29, 0.717) is 42.5 Å². The Bertz CT molecular complexity index is 1520. The van der Waals surface area contributed by atoms with Crippen LogP contribution in [0.5, 0.6) is 5.88 Å². The minimum atomic E-state index is -0.168. The number of nitrogens with zero attached hydrogens (tertiary/aromatic N) is 4. The average molecular weight is 504 g/mol. The summed E-state index contributed by atoms with van der Waals surface area (Å²) in [6, 6.07) is 9.31. The highest BCUT2D eigenvalue weighted by Crippen LogP contribution is 2.38. The largest absolute Gasteiger partial charge is 0.482 e. The second-order valence-corrected chi connectivity index (χ2v) is 10.6. The van der Waals surface area contributed by atoms with Crippen LogP contribution in [0.25, 0.3) is 27.9 Å². The van der Waals surface area contributed by atoms with E-state index in [1.165, 1.54) is 12.8 Å². The van der Waals surface area contributed by atoms with Gasteiger partial charge < -0.3 is 19.9 Å². The Balaban J connectivity index is 1.49. The van der Waals surface area contributed by atoms with Crippen molar-refractivity contribution in [2.75, 3.05) is 20.2 Å². The van der Waals surface area contributed by atoms with Crippen molar-refractivity contribution < 1.29 is 13.9 Å². The standard InChI is InChI=1S/C29H34FN5O2/c1-4-19-11-24-20(10-23(19)30)12-25(34(24)15-18-7-8-18)28-17(2)35-26(32-28)13-21(14-27(35)37-3)29(36)33-9-5-6-22(31)16-33/h10-14,18,22H,4-9,15-16,31H2,1-3H3/t22-/m1/s1. The number of carbonyl (C=O) groups excluding carboxylic acids is 1. The van der Waals surface area contributed by atoms with Gasteiger partial charge in [-0.3, -0.25) is 9.20 Å². The molecule has 0 radical (unpaired) electrons. The van der Waals surface area contributed by atoms with Crippen LogP contribution >= 0.6 is 0 Å². The van der Waals surface area contributed by atoms with E-state index < -0.39 is 0 Å². The number of fused-ring (bicyclic) bond motifs is 2. The van der Waals surface area contributed by atoms with Crippen LogP contribution in [0.1, 0.15) is 54.2 Å². The summed E-state index contributed by atoms with van der Waals surface area (Å²) >= 11 is 0. The van der Waals surface area contributed by atoms with Gasteiger partial charge >= 0.3 is 0 Å². The van der Waals surface area contributed by atoms with E-state index in [-0.39, 0.29) is 17.8 Å². The number of piperidine rings is 1. The van der Waals surface area contributed by atoms with Gasteiger partial charge in [-0.1, -0.05) is 6.92 Å². The molecule has 3 aromatic heterocycles. The van der Waals surface area contributed by atoms with Crippen LogP contribution < -0.4 is 10.5 Å². The van der Waals surface area contributed by atoms with Gasteiger partial charge in [-0.05, 0) is 74.8 Å². The summed E-state index contributed by atoms with van der Waals surface area (Å²) in [4.78, 5) is 20.2. The number of hydrogen-bond donors (Lipinski definition) is 1. The van der Waals surface area contributed by atoms with Crippen LogP contribution in [0.15, 0.2) is 30.3 Å². The summed E-state index contributed by atoms with van der Waals surface area (Å²) in [5, 5.41) is 0.881. The van der Waals surface area contributed by atoms with Crippen molar-refractivity contribution in [1.82, 2.24) is 18.9 Å². The second kappa shape index (κ2) is 9.17. The summed E-state index contributed by atoms with van der Waals surface area (Å²) in [5.74, 6) is 0.974. The number of halogens is 1. The number of carbonyl (C=O) groups is 1. The molecule has 1 aliphatic carbocycles. The summed E-state index contributed by atoms with van der Waals surface area (Å²) in [5.41, 5.74) is 11.8. The van der Waals surface area contributed by atoms with E-state index in [9.17, 15) is 9.18 Å². The number of imidazole rings is 1. The summed E-state index contributed by atoms with van der Waals surface area (Å²) in [7, 11) is 1.61. The first-order chi connectivity index (χ1) is 17.9. The lowest BCUT2D eigenvalue weighted by Crippen LogP contribution is -2.45. The first kappa shape index (κ1) is 24.0. The van der Waals surface area contributed by atoms with E-state index in [1.54, 1.807) is 19.2 Å². The van der Waals surface area contributed by atoms with Crippen molar-refractivity contribution in [2.24, 2.45) is 11.7 Å². The van der Waals surface area contributed by atoms with E-state index in [0.717, 1.165) is 52.9 Å². The zero-order valence-electron chi connectivity index (χ0n) is 21.8. The Morgan fingerprint density at radius 1 is 1.19 bits per heavy atom. The molecule has 7 nitrogen and oxygen atoms in total. The van der Waals surface area contributed by atoms with Crippen LogP contribution in [0, 0.1) is 18.7 Å². The highest BCUT2D eigenvalue weighted by Gasteiger charge is 2.28. The third-order valence-electron chi connectivity index (χ3n) is 7.95. The molecule has 194 valence electrons. The van der Waals surface area contributed by atoms with Crippen LogP contribution in [0.2, 0.25) is 0 Å². The molecule has 0 spiro atoms. The SMILES string of the molecule is CCc1cc2c(cc1F)cc(-c1nc3cc(C(=O)N4CCC[C@@H](N)C4)cc(OC)n3c1C)n2CC1CC1. The molecule has 2 fully saturated rings. The highest BCUT2D eigenvalue weighted by molar-refractivity contribution is 5.96. The van der Waals surface area contributed by atoms with Gasteiger partial charge in [0.25, 0.3) is 5.91 Å². The Kier molecular flexibility index (Phi) is 5.94. The molecule has 2 aliphatic rings. The van der Waals surface area contributed by atoms with E-state index in [2.05, 4.69) is 4.57 Å². The molecule has 6 rings (SSSR count). The number of nitrogens with two attached hydrogens (primary N) is 1. The number of benzene rings is 1. The van der Waals surface area contributed by atoms with E-state index in [4.69, 9.17) is 15.5 Å². The fraction of sp³-hybridized carbons (Fsp3) is 0.448. The number of aromatic nitrogens is 3. The maximum Gasteiger partial charge on any atom is 0.254 e. The molecule has 1 aromatic carbocycles. The molecular formula is C29H34FN5O2. The highest BCUT2D eigenvalue weighted by atomic mass is 19.1. The van der Waals surface area contributed by atoms with Crippen molar-refractivity contribution >= 4 is 22.5 Å². The normalized spacial score (nSPS) is 18.2. The Morgan fingerprint density at radius 2 is 2.00 bits per heavy atom. The van der Waals surface area contributed by atoms with Gasteiger partial charge in [0, 0.05) is 48.2 Å². The quantitative estimate of drug-likeness (QED) is 0.404. The van der Waals surface area contributed by atoms with Gasteiger partial charge in [-0.25, -0.2) is 9.37 Å². The summed E-state index contributed by atoms with van der Waals surface area (Å²) < 4.78 is 24.7. The van der Waals surface area contributed by atoms with Crippen molar-refractivity contribution in [3.05, 3.63) is 53.0 Å². The monoisotopic (exact) mass is 503 g/mol. The van der Waals surface area contributed by atoms with Crippen LogP contribution in [0.4, 0.5) is 4.39 Å². The zero-order valence-corrected chi connectivity index (χ0v) is 21.8. The molecule has 4 aromatic rings. The number of hydrogen-bond acceptors (Lipinski definition) is 4. The number of methoxy groups -OCH3 is 1. The topological polar surface area (TPSA) is 77.8 Å². The molecule has 1 aliphatic heterocycles. The third-order valence-corrected chi connectivity index (χ3v) is 7.95. The molecule has 37 heavy (non-hydrogen) atoms. The van der Waals surface area contributed by atoms with E-state index >= 15 is 0 Å². The number of amides is 1. The molecule has 4 heterocycles. The third kappa shape index (κ3) is 4.17. The Hall–Kier alpha value is -3.39. The smallest absolute Gasteiger partial charge is 0.254 e. The molecule has 0 bridgehead atoms. The van der Waals surface area contributed by atoms with Gasteiger partial charge in [0.2, 0.25) is 0 Å². The molecule has 1 atom stereocenters. The van der Waals surface area contributed by atoms with Gasteiger partial charge in [0.05, 0.1) is 18.5 Å². The van der Waals surface area contributed by atoms with Crippen molar-refractivity contribution in [2.45, 2.75) is 58.5 Å². The molecule has 0 unspecified atom stereocenters. The summed E-state index contributed by atoms with van der Waals surface area (Å²) in [6.45, 7) is 6.14. The maximum atomic E-state index is 14.7. The lowest BCUT2D eigenvalue weighted by atomic mass is 10.1. The number of aryl methyl sites for hydroxylation is 2. The molecule has 8 heteroatoms. The fourth-order valence-electron chi connectivity index (χ4n) is 5.72. The van der Waals surface area contributed by atoms with Crippen molar-refractivity contribution in [3.63, 3.8) is 0 Å². The molecular weight excluding hydrogens is 469 g/mol. The van der Waals surface area contributed by atoms with Gasteiger partial charge in [0.15, 0.2) is 5.88 Å². The first-order valence-corrected chi connectivity index (χ1v) is 13.3. The molecule has 1 saturated heterocycles. The minimum absolute atomic E-state index is 0.00930. The van der Waals surface area contributed by atoms with Crippen LogP contribution in [-0.4, -0.2) is 51.0 Å². The Labute approximate surface area is 216 Å². The lowest BCUT2D eigenvalue weighted by Gasteiger charge is -2.30. The zero-order chi connectivity index (χ0) is 25.8. The van der Waals surface area contributed by atoms with Gasteiger partial charge in [-0.2, -0.15) is 0 Å². The molecule has 1 saturated carbocycles. The lowest BCUT2D eigenvalue weighted by molar-refractivity contribution is 0.0708. The van der Waals surface area contributed by atoms with Crippen LogP contribution in [0.3, 0.4) is 0 Å². The number of pyridine rings is 1. The molecule has 1 amide bonds. The number of ether oxygens (including phenoxy) is 1. The second-order valence-electron chi connectivity index (χ2n) is 10.6. The van der Waals surface area contributed by atoms with Gasteiger partial charge in [0.1, 0.15) is 17.2 Å². The number of likely N-dealkylation sites (tertiary alicyclic amines) is 1. The van der Waals surface area contributed by atoms with Crippen molar-refractivity contribution in [3.8, 4) is 17.3 Å². The average Bonchev–Trinajstić information content (AvgIpc) is 3.57. The van der Waals surface area contributed by atoms with E-state index in [1.807, 2.05) is 41.3 Å². The Morgan fingerprint density at radius 3 is 2.70 bits per heavy atom. The maximum absolute atomic E-state index is 14.7. The first-order valence-electron chi connectivity index (χ1n) is 13.3.